The van der Waals surface area contributed by atoms with Crippen molar-refractivity contribution in [2.45, 2.75) is 39.7 Å². The average molecular weight is 276 g/mol. The van der Waals surface area contributed by atoms with E-state index in [0.717, 1.165) is 30.0 Å². The molecule has 3 N–H and O–H groups in total. The molecule has 0 aliphatic carbocycles. The zero-order valence-electron chi connectivity index (χ0n) is 11.6. The smallest absolute Gasteiger partial charge is 0.134 e. The minimum absolute atomic E-state index is 0.312. The number of nitrogens with zero attached hydrogens (tertiary/aromatic N) is 2. The highest BCUT2D eigenvalue weighted by Crippen LogP contribution is 2.19. The van der Waals surface area contributed by atoms with Gasteiger partial charge in [0.1, 0.15) is 17.5 Å². The quantitative estimate of drug-likeness (QED) is 0.881. The van der Waals surface area contributed by atoms with Crippen LogP contribution in [0.2, 0.25) is 0 Å². The van der Waals surface area contributed by atoms with E-state index in [2.05, 4.69) is 39.0 Å². The number of nitrogens with one attached hydrogen (secondary N) is 1. The lowest BCUT2D eigenvalue weighted by Gasteiger charge is -2.17. The van der Waals surface area contributed by atoms with E-state index in [0.29, 0.717) is 11.9 Å². The molecule has 0 spiro atoms. The Hall–Kier alpha value is -1.62. The summed E-state index contributed by atoms with van der Waals surface area (Å²) in [7, 11) is 0. The molecular weight excluding hydrogens is 256 g/mol. The summed E-state index contributed by atoms with van der Waals surface area (Å²) in [5, 5.41) is 7.72. The van der Waals surface area contributed by atoms with Crippen molar-refractivity contribution in [3.05, 3.63) is 33.8 Å². The number of thiophene rings is 1. The summed E-state index contributed by atoms with van der Waals surface area (Å²) < 4.78 is 0. The second-order valence-electron chi connectivity index (χ2n) is 4.73. The van der Waals surface area contributed by atoms with Gasteiger partial charge in [0.05, 0.1) is 0 Å². The van der Waals surface area contributed by atoms with Crippen molar-refractivity contribution < 1.29 is 0 Å². The van der Waals surface area contributed by atoms with E-state index in [1.54, 1.807) is 11.3 Å². The van der Waals surface area contributed by atoms with Gasteiger partial charge < -0.3 is 11.1 Å². The summed E-state index contributed by atoms with van der Waals surface area (Å²) in [5.74, 6) is 2.21. The van der Waals surface area contributed by atoms with Gasteiger partial charge in [0.2, 0.25) is 0 Å². The standard InChI is InChI=1S/C14H20N4S/c1-4-12-17-13(15)10(3)14(18-12)16-9(2)7-11-5-6-19-8-11/h5-6,8-9H,4,7H2,1-3H3,(H3,15,16,17,18). The van der Waals surface area contributed by atoms with Gasteiger partial charge in [0.25, 0.3) is 0 Å². The summed E-state index contributed by atoms with van der Waals surface area (Å²) in [6.07, 6.45) is 1.77. The van der Waals surface area contributed by atoms with Crippen LogP contribution in [-0.2, 0) is 12.8 Å². The van der Waals surface area contributed by atoms with Gasteiger partial charge in [0, 0.05) is 18.0 Å². The molecule has 5 heteroatoms. The lowest BCUT2D eigenvalue weighted by Crippen LogP contribution is -2.20. The molecular formula is C14H20N4S. The second-order valence-corrected chi connectivity index (χ2v) is 5.51. The van der Waals surface area contributed by atoms with Crippen LogP contribution in [-0.4, -0.2) is 16.0 Å². The average Bonchev–Trinajstić information content (AvgIpc) is 2.87. The molecule has 1 unspecified atom stereocenters. The van der Waals surface area contributed by atoms with Gasteiger partial charge in [-0.2, -0.15) is 11.3 Å². The van der Waals surface area contributed by atoms with Crippen LogP contribution in [0.5, 0.6) is 0 Å². The number of rotatable bonds is 5. The summed E-state index contributed by atoms with van der Waals surface area (Å²) in [6, 6.07) is 2.47. The molecule has 4 nitrogen and oxygen atoms in total. The number of hydrogen-bond donors (Lipinski definition) is 2. The van der Waals surface area contributed by atoms with Crippen LogP contribution in [0, 0.1) is 6.92 Å². The maximum atomic E-state index is 5.92. The Kier molecular flexibility index (Phi) is 4.37. The van der Waals surface area contributed by atoms with Crippen LogP contribution in [0.15, 0.2) is 16.8 Å². The van der Waals surface area contributed by atoms with Crippen LogP contribution in [0.1, 0.15) is 30.8 Å². The molecule has 2 aromatic heterocycles. The molecule has 0 aromatic carbocycles. The van der Waals surface area contributed by atoms with Crippen molar-refractivity contribution in [2.24, 2.45) is 0 Å². The van der Waals surface area contributed by atoms with Crippen molar-refractivity contribution in [1.29, 1.82) is 0 Å². The van der Waals surface area contributed by atoms with E-state index in [-0.39, 0.29) is 0 Å². The Morgan fingerprint density at radius 1 is 1.42 bits per heavy atom. The van der Waals surface area contributed by atoms with Crippen LogP contribution < -0.4 is 11.1 Å². The fourth-order valence-electron chi connectivity index (χ4n) is 1.93. The first-order chi connectivity index (χ1) is 9.10. The molecule has 0 radical (unpaired) electrons. The fraction of sp³-hybridized carbons (Fsp3) is 0.429. The van der Waals surface area contributed by atoms with Gasteiger partial charge in [-0.05, 0) is 42.7 Å². The molecule has 1 atom stereocenters. The van der Waals surface area contributed by atoms with Crippen molar-refractivity contribution in [2.75, 3.05) is 11.1 Å². The topological polar surface area (TPSA) is 63.8 Å². The van der Waals surface area contributed by atoms with Crippen molar-refractivity contribution >= 4 is 23.0 Å². The SMILES string of the molecule is CCc1nc(N)c(C)c(NC(C)Cc2ccsc2)n1. The van der Waals surface area contributed by atoms with Gasteiger partial charge in [-0.15, -0.1) is 0 Å². The highest BCUT2D eigenvalue weighted by Gasteiger charge is 2.11. The predicted octanol–water partition coefficient (Wildman–Crippen LogP) is 3.03. The Balaban J connectivity index is 2.11. The van der Waals surface area contributed by atoms with Gasteiger partial charge in [0.15, 0.2) is 0 Å². The van der Waals surface area contributed by atoms with E-state index in [4.69, 9.17) is 5.73 Å². The Morgan fingerprint density at radius 2 is 2.21 bits per heavy atom. The molecule has 2 aromatic rings. The number of aromatic nitrogens is 2. The third kappa shape index (κ3) is 3.44. The zero-order chi connectivity index (χ0) is 13.8. The number of anilines is 2. The second kappa shape index (κ2) is 6.02. The minimum Gasteiger partial charge on any atom is -0.383 e. The van der Waals surface area contributed by atoms with E-state index in [1.807, 2.05) is 13.8 Å². The minimum atomic E-state index is 0.312. The highest BCUT2D eigenvalue weighted by molar-refractivity contribution is 7.07. The normalized spacial score (nSPS) is 12.4. The molecule has 0 fully saturated rings. The molecule has 0 bridgehead atoms. The van der Waals surface area contributed by atoms with Gasteiger partial charge in [-0.1, -0.05) is 6.92 Å². The first-order valence-corrected chi connectivity index (χ1v) is 7.45. The molecule has 0 aliphatic rings. The number of aryl methyl sites for hydroxylation is 1. The van der Waals surface area contributed by atoms with Crippen molar-refractivity contribution in [3.8, 4) is 0 Å². The molecule has 0 amide bonds. The maximum absolute atomic E-state index is 5.92. The van der Waals surface area contributed by atoms with Gasteiger partial charge >= 0.3 is 0 Å². The summed E-state index contributed by atoms with van der Waals surface area (Å²) in [5.41, 5.74) is 8.19. The number of nitrogen functional groups attached to an aromatic ring is 1. The molecule has 102 valence electrons. The summed E-state index contributed by atoms with van der Waals surface area (Å²) in [4.78, 5) is 8.78. The third-order valence-electron chi connectivity index (χ3n) is 3.05. The molecule has 0 saturated carbocycles. The molecule has 2 heterocycles. The molecule has 0 saturated heterocycles. The van der Waals surface area contributed by atoms with E-state index in [1.165, 1.54) is 5.56 Å². The highest BCUT2D eigenvalue weighted by atomic mass is 32.1. The number of nitrogens with two attached hydrogens (primary N) is 1. The lowest BCUT2D eigenvalue weighted by molar-refractivity contribution is 0.780. The van der Waals surface area contributed by atoms with E-state index in [9.17, 15) is 0 Å². The maximum Gasteiger partial charge on any atom is 0.134 e. The van der Waals surface area contributed by atoms with Crippen LogP contribution >= 0.6 is 11.3 Å². The van der Waals surface area contributed by atoms with Crippen molar-refractivity contribution in [3.63, 3.8) is 0 Å². The monoisotopic (exact) mass is 276 g/mol. The van der Waals surface area contributed by atoms with E-state index >= 15 is 0 Å². The number of hydrogen-bond acceptors (Lipinski definition) is 5. The zero-order valence-corrected chi connectivity index (χ0v) is 12.4. The molecule has 0 aliphatic heterocycles. The fourth-order valence-corrected chi connectivity index (χ4v) is 2.61. The molecule has 2 rings (SSSR count). The van der Waals surface area contributed by atoms with Crippen LogP contribution in [0.3, 0.4) is 0 Å². The van der Waals surface area contributed by atoms with Crippen LogP contribution in [0.25, 0.3) is 0 Å². The Bertz CT molecular complexity index is 537. The lowest BCUT2D eigenvalue weighted by atomic mass is 10.1. The first kappa shape index (κ1) is 13.8. The van der Waals surface area contributed by atoms with Crippen LogP contribution in [0.4, 0.5) is 11.6 Å². The Morgan fingerprint density at radius 3 is 2.84 bits per heavy atom. The third-order valence-corrected chi connectivity index (χ3v) is 3.78. The van der Waals surface area contributed by atoms with Crippen molar-refractivity contribution in [1.82, 2.24) is 9.97 Å². The van der Waals surface area contributed by atoms with Gasteiger partial charge in [-0.25, -0.2) is 9.97 Å². The largest absolute Gasteiger partial charge is 0.383 e. The summed E-state index contributed by atoms with van der Waals surface area (Å²) in [6.45, 7) is 6.14. The predicted molar refractivity (Wildman–Crippen MR) is 81.7 cm³/mol. The Labute approximate surface area is 118 Å². The van der Waals surface area contributed by atoms with E-state index < -0.39 is 0 Å². The first-order valence-electron chi connectivity index (χ1n) is 6.50. The molecule has 19 heavy (non-hydrogen) atoms. The van der Waals surface area contributed by atoms with Gasteiger partial charge in [-0.3, -0.25) is 0 Å². The summed E-state index contributed by atoms with van der Waals surface area (Å²) >= 11 is 1.73.